The number of nitrogens with one attached hydrogen (secondary N) is 1. The molecule has 0 radical (unpaired) electrons. The summed E-state index contributed by atoms with van der Waals surface area (Å²) in [6, 6.07) is 13.1. The summed E-state index contributed by atoms with van der Waals surface area (Å²) in [6.07, 6.45) is 0. The quantitative estimate of drug-likeness (QED) is 0.879. The van der Waals surface area contributed by atoms with Crippen molar-refractivity contribution in [2.24, 2.45) is 0 Å². The molecule has 1 aromatic carbocycles. The highest BCUT2D eigenvalue weighted by Gasteiger charge is 2.24. The van der Waals surface area contributed by atoms with Crippen LogP contribution in [0, 0.1) is 0 Å². The number of hydrogen-bond donors (Lipinski definition) is 2. The summed E-state index contributed by atoms with van der Waals surface area (Å²) in [4.78, 5) is 13.6. The standard InChI is InChI=1S/C17H21NO2S/c1-17(2,3)14-10-9-13(21-14)15(16(19)20)18-11-12-7-5-4-6-8-12/h4-10,15,18H,11H2,1-3H3,(H,19,20). The summed E-state index contributed by atoms with van der Waals surface area (Å²) in [7, 11) is 0. The van der Waals surface area contributed by atoms with Gasteiger partial charge in [0, 0.05) is 16.3 Å². The van der Waals surface area contributed by atoms with Gasteiger partial charge in [0.15, 0.2) is 0 Å². The molecule has 21 heavy (non-hydrogen) atoms. The third-order valence-corrected chi connectivity index (χ3v) is 4.83. The average Bonchev–Trinajstić information content (AvgIpc) is 2.89. The molecular weight excluding hydrogens is 282 g/mol. The Balaban J connectivity index is 2.12. The fourth-order valence-corrected chi connectivity index (χ4v) is 3.17. The molecule has 0 saturated carbocycles. The lowest BCUT2D eigenvalue weighted by atomic mass is 9.95. The summed E-state index contributed by atoms with van der Waals surface area (Å²) >= 11 is 1.57. The molecule has 1 aromatic heterocycles. The lowest BCUT2D eigenvalue weighted by Crippen LogP contribution is -2.27. The Bertz CT molecular complexity index is 599. The molecule has 3 nitrogen and oxygen atoms in total. The van der Waals surface area contributed by atoms with Crippen LogP contribution >= 0.6 is 11.3 Å². The Labute approximate surface area is 129 Å². The van der Waals surface area contributed by atoms with Crippen LogP contribution in [-0.2, 0) is 16.8 Å². The first-order valence-electron chi connectivity index (χ1n) is 6.98. The molecule has 2 N–H and O–H groups in total. The van der Waals surface area contributed by atoms with Gasteiger partial charge >= 0.3 is 5.97 Å². The Kier molecular flexibility index (Phi) is 4.80. The van der Waals surface area contributed by atoms with Crippen molar-refractivity contribution in [2.75, 3.05) is 0 Å². The van der Waals surface area contributed by atoms with Crippen molar-refractivity contribution >= 4 is 17.3 Å². The van der Waals surface area contributed by atoms with Crippen molar-refractivity contribution in [1.29, 1.82) is 0 Å². The van der Waals surface area contributed by atoms with E-state index >= 15 is 0 Å². The van der Waals surface area contributed by atoms with Gasteiger partial charge in [-0.1, -0.05) is 51.1 Å². The van der Waals surface area contributed by atoms with E-state index in [1.165, 1.54) is 4.88 Å². The molecule has 0 amide bonds. The van der Waals surface area contributed by atoms with Crippen molar-refractivity contribution < 1.29 is 9.90 Å². The minimum absolute atomic E-state index is 0.0470. The molecule has 0 spiro atoms. The fraction of sp³-hybridized carbons (Fsp3) is 0.353. The van der Waals surface area contributed by atoms with Gasteiger partial charge in [-0.25, -0.2) is 0 Å². The second-order valence-electron chi connectivity index (χ2n) is 6.09. The van der Waals surface area contributed by atoms with Crippen LogP contribution in [0.2, 0.25) is 0 Å². The number of carboxylic acids is 1. The van der Waals surface area contributed by atoms with Crippen molar-refractivity contribution in [3.05, 3.63) is 57.8 Å². The van der Waals surface area contributed by atoms with Crippen LogP contribution in [0.3, 0.4) is 0 Å². The van der Waals surface area contributed by atoms with Crippen molar-refractivity contribution in [2.45, 2.75) is 38.8 Å². The van der Waals surface area contributed by atoms with Crippen molar-refractivity contribution in [3.8, 4) is 0 Å². The maximum Gasteiger partial charge on any atom is 0.326 e. The number of aliphatic carboxylic acids is 1. The van der Waals surface area contributed by atoms with Crippen molar-refractivity contribution in [1.82, 2.24) is 5.32 Å². The molecule has 1 atom stereocenters. The molecule has 1 unspecified atom stereocenters. The lowest BCUT2D eigenvalue weighted by Gasteiger charge is -2.16. The zero-order chi connectivity index (χ0) is 15.5. The first-order chi connectivity index (χ1) is 9.88. The van der Waals surface area contributed by atoms with Crippen LogP contribution in [0.1, 0.15) is 42.1 Å². The average molecular weight is 303 g/mol. The monoisotopic (exact) mass is 303 g/mol. The summed E-state index contributed by atoms with van der Waals surface area (Å²) in [5.74, 6) is -0.840. The molecule has 0 aliphatic rings. The number of thiophene rings is 1. The molecule has 0 aliphatic heterocycles. The highest BCUT2D eigenvalue weighted by molar-refractivity contribution is 7.12. The van der Waals surface area contributed by atoms with Crippen LogP contribution in [-0.4, -0.2) is 11.1 Å². The first kappa shape index (κ1) is 15.7. The van der Waals surface area contributed by atoms with Gasteiger partial charge < -0.3 is 5.11 Å². The van der Waals surface area contributed by atoms with E-state index in [0.717, 1.165) is 10.4 Å². The normalized spacial score (nSPS) is 13.1. The Morgan fingerprint density at radius 3 is 2.38 bits per heavy atom. The van der Waals surface area contributed by atoms with Gasteiger partial charge in [-0.05, 0) is 23.1 Å². The summed E-state index contributed by atoms with van der Waals surface area (Å²) in [6.45, 7) is 6.95. The summed E-state index contributed by atoms with van der Waals surface area (Å²) in [5, 5.41) is 12.6. The van der Waals surface area contributed by atoms with E-state index in [-0.39, 0.29) is 5.41 Å². The topological polar surface area (TPSA) is 49.3 Å². The lowest BCUT2D eigenvalue weighted by molar-refractivity contribution is -0.139. The smallest absolute Gasteiger partial charge is 0.326 e. The first-order valence-corrected chi connectivity index (χ1v) is 7.80. The minimum Gasteiger partial charge on any atom is -0.480 e. The Hall–Kier alpha value is -1.65. The fourth-order valence-electron chi connectivity index (χ4n) is 2.04. The number of benzene rings is 1. The van der Waals surface area contributed by atoms with Crippen LogP contribution < -0.4 is 5.32 Å². The third-order valence-electron chi connectivity index (χ3n) is 3.25. The molecule has 1 heterocycles. The van der Waals surface area contributed by atoms with E-state index in [9.17, 15) is 9.90 Å². The van der Waals surface area contributed by atoms with E-state index in [4.69, 9.17) is 0 Å². The van der Waals surface area contributed by atoms with Crippen molar-refractivity contribution in [3.63, 3.8) is 0 Å². The van der Waals surface area contributed by atoms with Gasteiger partial charge in [-0.2, -0.15) is 0 Å². The predicted octanol–water partition coefficient (Wildman–Crippen LogP) is 3.96. The van der Waals surface area contributed by atoms with Gasteiger partial charge in [-0.3, -0.25) is 10.1 Å². The van der Waals surface area contributed by atoms with Crippen LogP contribution in [0.5, 0.6) is 0 Å². The van der Waals surface area contributed by atoms with E-state index in [0.29, 0.717) is 6.54 Å². The number of carbonyl (C=O) groups is 1. The second kappa shape index (κ2) is 6.41. The molecule has 4 heteroatoms. The predicted molar refractivity (Wildman–Crippen MR) is 86.7 cm³/mol. The Morgan fingerprint density at radius 1 is 1.19 bits per heavy atom. The molecule has 112 valence electrons. The second-order valence-corrected chi connectivity index (χ2v) is 7.21. The van der Waals surface area contributed by atoms with Crippen LogP contribution in [0.4, 0.5) is 0 Å². The van der Waals surface area contributed by atoms with Gasteiger partial charge in [0.05, 0.1) is 0 Å². The van der Waals surface area contributed by atoms with Crippen LogP contribution in [0.25, 0.3) is 0 Å². The SMILES string of the molecule is CC(C)(C)c1ccc(C(NCc2ccccc2)C(=O)O)s1. The van der Waals surface area contributed by atoms with E-state index < -0.39 is 12.0 Å². The van der Waals surface area contributed by atoms with Gasteiger partial charge in [0.1, 0.15) is 6.04 Å². The molecule has 0 fully saturated rings. The highest BCUT2D eigenvalue weighted by Crippen LogP contribution is 2.32. The summed E-state index contributed by atoms with van der Waals surface area (Å²) in [5.41, 5.74) is 1.13. The molecule has 0 aliphatic carbocycles. The zero-order valence-corrected chi connectivity index (χ0v) is 13.4. The largest absolute Gasteiger partial charge is 0.480 e. The maximum absolute atomic E-state index is 11.5. The molecule has 0 saturated heterocycles. The van der Waals surface area contributed by atoms with E-state index in [1.807, 2.05) is 42.5 Å². The number of hydrogen-bond acceptors (Lipinski definition) is 3. The summed E-state index contributed by atoms with van der Waals surface area (Å²) < 4.78 is 0. The maximum atomic E-state index is 11.5. The minimum atomic E-state index is -0.840. The van der Waals surface area contributed by atoms with Crippen LogP contribution in [0.15, 0.2) is 42.5 Å². The van der Waals surface area contributed by atoms with Gasteiger partial charge in [0.25, 0.3) is 0 Å². The molecular formula is C17H21NO2S. The molecule has 2 aromatic rings. The molecule has 0 bridgehead atoms. The number of rotatable bonds is 5. The highest BCUT2D eigenvalue weighted by atomic mass is 32.1. The van der Waals surface area contributed by atoms with E-state index in [1.54, 1.807) is 11.3 Å². The molecule has 2 rings (SSSR count). The number of carboxylic acid groups (broad SMARTS) is 1. The zero-order valence-electron chi connectivity index (χ0n) is 12.6. The van der Waals surface area contributed by atoms with Gasteiger partial charge in [-0.15, -0.1) is 11.3 Å². The van der Waals surface area contributed by atoms with E-state index in [2.05, 4.69) is 26.1 Å². The third kappa shape index (κ3) is 4.16. The van der Waals surface area contributed by atoms with Gasteiger partial charge in [0.2, 0.25) is 0 Å². The Morgan fingerprint density at radius 2 is 1.86 bits per heavy atom.